The maximum atomic E-state index is 11.7. The summed E-state index contributed by atoms with van der Waals surface area (Å²) in [6.07, 6.45) is 5.47. The highest BCUT2D eigenvalue weighted by atomic mass is 16.2. The van der Waals surface area contributed by atoms with Crippen LogP contribution < -0.4 is 27.4 Å². The van der Waals surface area contributed by atoms with Gasteiger partial charge >= 0.3 is 0 Å². The summed E-state index contributed by atoms with van der Waals surface area (Å²) in [5, 5.41) is 16.5. The van der Waals surface area contributed by atoms with Crippen molar-refractivity contribution in [3.05, 3.63) is 29.7 Å². The molecule has 2 atom stereocenters. The Labute approximate surface area is 161 Å². The van der Waals surface area contributed by atoms with Crippen LogP contribution >= 0.6 is 0 Å². The first-order valence-corrected chi connectivity index (χ1v) is 8.99. The van der Waals surface area contributed by atoms with Crippen LogP contribution in [0.4, 0.5) is 17.5 Å². The van der Waals surface area contributed by atoms with Crippen molar-refractivity contribution in [2.75, 3.05) is 17.7 Å². The molecular weight excluding hydrogens is 362 g/mol. The number of carbonyl (C=O) groups is 2. The van der Waals surface area contributed by atoms with Gasteiger partial charge in [0, 0.05) is 19.1 Å². The largest absolute Gasteiger partial charge is 0.364 e. The standard InChI is InChI=1S/C17H23N9O2/c1-20-16(28)12-7-6-9(8-21-12)22-15-13(14(19)27)25-26-17(24-15)23-11-5-3-2-4-10(11)18/h6-8,10-11H,2-5,18H2,1H3,(H2,19,27)(H,20,28)(H2,22,23,24,26)/t10-,11+/m0/s1. The average molecular weight is 385 g/mol. The van der Waals surface area contributed by atoms with Gasteiger partial charge in [0.15, 0.2) is 11.5 Å². The van der Waals surface area contributed by atoms with Crippen LogP contribution in [0.2, 0.25) is 0 Å². The number of hydrogen-bond donors (Lipinski definition) is 5. The van der Waals surface area contributed by atoms with E-state index in [0.29, 0.717) is 5.69 Å². The summed E-state index contributed by atoms with van der Waals surface area (Å²) < 4.78 is 0. The first kappa shape index (κ1) is 19.4. The first-order chi connectivity index (χ1) is 13.5. The smallest absolute Gasteiger partial charge is 0.273 e. The number of pyridine rings is 1. The summed E-state index contributed by atoms with van der Waals surface area (Å²) in [6, 6.07) is 3.22. The minimum Gasteiger partial charge on any atom is -0.364 e. The van der Waals surface area contributed by atoms with Crippen molar-refractivity contribution < 1.29 is 9.59 Å². The maximum Gasteiger partial charge on any atom is 0.273 e. The minimum absolute atomic E-state index is 0.00559. The third-order valence-electron chi connectivity index (χ3n) is 4.54. The highest BCUT2D eigenvalue weighted by Gasteiger charge is 2.23. The van der Waals surface area contributed by atoms with Gasteiger partial charge < -0.3 is 27.4 Å². The molecule has 0 unspecified atom stereocenters. The summed E-state index contributed by atoms with van der Waals surface area (Å²) in [5.74, 6) is -0.671. The van der Waals surface area contributed by atoms with Crippen LogP contribution in [-0.2, 0) is 0 Å². The summed E-state index contributed by atoms with van der Waals surface area (Å²) in [7, 11) is 1.52. The van der Waals surface area contributed by atoms with Crippen molar-refractivity contribution in [1.82, 2.24) is 25.5 Å². The molecule has 2 amide bonds. The molecule has 2 aromatic rings. The van der Waals surface area contributed by atoms with Crippen molar-refractivity contribution in [3.63, 3.8) is 0 Å². The molecule has 0 saturated heterocycles. The lowest BCUT2D eigenvalue weighted by Crippen LogP contribution is -2.43. The number of carbonyl (C=O) groups excluding carboxylic acids is 2. The van der Waals surface area contributed by atoms with Crippen molar-refractivity contribution >= 4 is 29.3 Å². The fourth-order valence-corrected chi connectivity index (χ4v) is 3.01. The highest BCUT2D eigenvalue weighted by molar-refractivity contribution is 5.96. The number of nitrogens with zero attached hydrogens (tertiary/aromatic N) is 4. The Balaban J connectivity index is 1.81. The van der Waals surface area contributed by atoms with Crippen LogP contribution in [0.25, 0.3) is 0 Å². The Kier molecular flexibility index (Phi) is 5.94. The molecule has 0 bridgehead atoms. The molecule has 7 N–H and O–H groups in total. The van der Waals surface area contributed by atoms with Gasteiger partial charge in [0.1, 0.15) is 5.69 Å². The number of amides is 2. The lowest BCUT2D eigenvalue weighted by molar-refractivity contribution is 0.0956. The zero-order valence-electron chi connectivity index (χ0n) is 15.5. The molecule has 3 rings (SSSR count). The van der Waals surface area contributed by atoms with E-state index in [1.807, 2.05) is 0 Å². The van der Waals surface area contributed by atoms with E-state index in [-0.39, 0.29) is 41.1 Å². The second-order valence-electron chi connectivity index (χ2n) is 6.53. The van der Waals surface area contributed by atoms with Gasteiger partial charge in [-0.2, -0.15) is 4.98 Å². The van der Waals surface area contributed by atoms with Crippen LogP contribution in [0.3, 0.4) is 0 Å². The third kappa shape index (κ3) is 4.49. The molecule has 1 aliphatic carbocycles. The van der Waals surface area contributed by atoms with E-state index in [1.54, 1.807) is 12.1 Å². The molecule has 11 nitrogen and oxygen atoms in total. The summed E-state index contributed by atoms with van der Waals surface area (Å²) in [6.45, 7) is 0. The van der Waals surface area contributed by atoms with Crippen molar-refractivity contribution in [3.8, 4) is 0 Å². The molecule has 0 aromatic carbocycles. The van der Waals surface area contributed by atoms with Crippen LogP contribution in [0.5, 0.6) is 0 Å². The van der Waals surface area contributed by atoms with Gasteiger partial charge in [-0.3, -0.25) is 9.59 Å². The normalized spacial score (nSPS) is 18.9. The van der Waals surface area contributed by atoms with Crippen molar-refractivity contribution in [1.29, 1.82) is 0 Å². The highest BCUT2D eigenvalue weighted by Crippen LogP contribution is 2.22. The first-order valence-electron chi connectivity index (χ1n) is 8.99. The van der Waals surface area contributed by atoms with E-state index < -0.39 is 5.91 Å². The van der Waals surface area contributed by atoms with Crippen LogP contribution in [-0.4, -0.2) is 51.1 Å². The van der Waals surface area contributed by atoms with Gasteiger partial charge in [-0.25, -0.2) is 4.98 Å². The van der Waals surface area contributed by atoms with E-state index in [2.05, 4.69) is 36.1 Å². The Hall–Kier alpha value is -3.34. The summed E-state index contributed by atoms with van der Waals surface area (Å²) >= 11 is 0. The number of hydrogen-bond acceptors (Lipinski definition) is 9. The number of rotatable bonds is 6. The van der Waals surface area contributed by atoms with E-state index in [1.165, 1.54) is 13.2 Å². The predicted octanol–water partition coefficient (Wildman–Crippen LogP) is 0.151. The molecule has 28 heavy (non-hydrogen) atoms. The minimum atomic E-state index is -0.765. The molecule has 2 aromatic heterocycles. The third-order valence-corrected chi connectivity index (χ3v) is 4.54. The van der Waals surface area contributed by atoms with Crippen LogP contribution in [0.15, 0.2) is 18.3 Å². The number of nitrogens with two attached hydrogens (primary N) is 2. The molecular formula is C17H23N9O2. The fourth-order valence-electron chi connectivity index (χ4n) is 3.01. The van der Waals surface area contributed by atoms with Gasteiger partial charge in [-0.05, 0) is 25.0 Å². The van der Waals surface area contributed by atoms with E-state index in [4.69, 9.17) is 11.5 Å². The Morgan fingerprint density at radius 2 is 1.96 bits per heavy atom. The van der Waals surface area contributed by atoms with Crippen molar-refractivity contribution in [2.45, 2.75) is 37.8 Å². The molecule has 11 heteroatoms. The van der Waals surface area contributed by atoms with E-state index >= 15 is 0 Å². The van der Waals surface area contributed by atoms with Gasteiger partial charge in [-0.15, -0.1) is 10.2 Å². The van der Waals surface area contributed by atoms with Gasteiger partial charge in [0.05, 0.1) is 11.9 Å². The molecule has 1 saturated carbocycles. The molecule has 1 fully saturated rings. The van der Waals surface area contributed by atoms with E-state index in [9.17, 15) is 9.59 Å². The Morgan fingerprint density at radius 3 is 2.61 bits per heavy atom. The second-order valence-corrected chi connectivity index (χ2v) is 6.53. The Bertz CT molecular complexity index is 856. The predicted molar refractivity (Wildman–Crippen MR) is 103 cm³/mol. The number of nitrogens with one attached hydrogen (secondary N) is 3. The summed E-state index contributed by atoms with van der Waals surface area (Å²) in [4.78, 5) is 31.7. The SMILES string of the molecule is CNC(=O)c1ccc(Nc2nc(N[C@@H]3CCCC[C@@H]3N)nnc2C(N)=O)cn1. The lowest BCUT2D eigenvalue weighted by atomic mass is 9.91. The van der Waals surface area contributed by atoms with Gasteiger partial charge in [0.2, 0.25) is 5.95 Å². The molecule has 0 spiro atoms. The molecule has 2 heterocycles. The molecule has 148 valence electrons. The lowest BCUT2D eigenvalue weighted by Gasteiger charge is -2.29. The maximum absolute atomic E-state index is 11.7. The number of primary amides is 1. The van der Waals surface area contributed by atoms with Crippen molar-refractivity contribution in [2.24, 2.45) is 11.5 Å². The monoisotopic (exact) mass is 385 g/mol. The zero-order chi connectivity index (χ0) is 20.1. The Morgan fingerprint density at radius 1 is 1.18 bits per heavy atom. The van der Waals surface area contributed by atoms with Gasteiger partial charge in [-0.1, -0.05) is 12.8 Å². The number of aromatic nitrogens is 4. The average Bonchev–Trinajstić information content (AvgIpc) is 2.70. The van der Waals surface area contributed by atoms with Crippen LogP contribution in [0.1, 0.15) is 46.7 Å². The molecule has 0 aliphatic heterocycles. The topological polar surface area (TPSA) is 174 Å². The second kappa shape index (κ2) is 8.57. The molecule has 0 radical (unpaired) electrons. The summed E-state index contributed by atoms with van der Waals surface area (Å²) in [5.41, 5.74) is 12.2. The van der Waals surface area contributed by atoms with Gasteiger partial charge in [0.25, 0.3) is 11.8 Å². The number of anilines is 3. The fraction of sp³-hybridized carbons (Fsp3) is 0.412. The van der Waals surface area contributed by atoms with Crippen LogP contribution in [0, 0.1) is 0 Å². The quantitative estimate of drug-likeness (QED) is 0.463. The zero-order valence-corrected chi connectivity index (χ0v) is 15.5. The molecule has 1 aliphatic rings. The van der Waals surface area contributed by atoms with E-state index in [0.717, 1.165) is 25.7 Å².